The third-order valence-electron chi connectivity index (χ3n) is 4.18. The Morgan fingerprint density at radius 2 is 1.84 bits per heavy atom. The molecule has 3 amide bonds. The first-order valence-corrected chi connectivity index (χ1v) is 7.79. The van der Waals surface area contributed by atoms with Gasteiger partial charge in [0.15, 0.2) is 0 Å². The van der Waals surface area contributed by atoms with Crippen molar-refractivity contribution in [2.75, 3.05) is 23.7 Å². The zero-order chi connectivity index (χ0) is 17.0. The number of nitrogens with two attached hydrogens (primary N) is 1. The van der Waals surface area contributed by atoms with Crippen molar-refractivity contribution in [2.24, 2.45) is 5.73 Å². The van der Waals surface area contributed by atoms with Crippen LogP contribution in [0.4, 0.5) is 16.2 Å². The monoisotopic (exact) mass is 364 g/mol. The molecule has 3 rings (SSSR count). The number of piperidine rings is 1. The highest BCUT2D eigenvalue weighted by Gasteiger charge is 2.42. The zero-order valence-corrected chi connectivity index (χ0v) is 14.4. The Hall–Kier alpha value is -2.58. The summed E-state index contributed by atoms with van der Waals surface area (Å²) in [7, 11) is 0. The Morgan fingerprint density at radius 1 is 1.16 bits per heavy atom. The summed E-state index contributed by atoms with van der Waals surface area (Å²) in [5, 5.41) is 13.0. The Labute approximate surface area is 151 Å². The lowest BCUT2D eigenvalue weighted by molar-refractivity contribution is -0.126. The molecule has 1 aliphatic heterocycles. The van der Waals surface area contributed by atoms with Gasteiger partial charge in [0.2, 0.25) is 0 Å². The van der Waals surface area contributed by atoms with E-state index in [2.05, 4.69) is 21.0 Å². The first-order valence-electron chi connectivity index (χ1n) is 7.79. The van der Waals surface area contributed by atoms with Gasteiger partial charge in [-0.1, -0.05) is 6.07 Å². The van der Waals surface area contributed by atoms with E-state index < -0.39 is 11.6 Å². The fraction of sp³-hybridized carbons (Fsp3) is 0.312. The van der Waals surface area contributed by atoms with Crippen molar-refractivity contribution in [2.45, 2.75) is 18.4 Å². The van der Waals surface area contributed by atoms with Gasteiger partial charge in [0.25, 0.3) is 5.91 Å². The molecule has 25 heavy (non-hydrogen) atoms. The number of anilines is 2. The Bertz CT molecular complexity index is 728. The first-order chi connectivity index (χ1) is 11.6. The summed E-state index contributed by atoms with van der Waals surface area (Å²) in [6.07, 6.45) is 4.80. The zero-order valence-electron chi connectivity index (χ0n) is 13.6. The minimum Gasteiger partial charge on any atom is -0.351 e. The number of hydrogen-bond donors (Lipinski definition) is 4. The number of halogens is 1. The molecule has 1 aliphatic rings. The first kappa shape index (κ1) is 18.8. The Kier molecular flexibility index (Phi) is 6.00. The summed E-state index contributed by atoms with van der Waals surface area (Å²) in [6, 6.07) is 8.04. The van der Waals surface area contributed by atoms with Gasteiger partial charge in [-0.05, 0) is 50.2 Å². The largest absolute Gasteiger partial charge is 0.351 e. The SMILES string of the molecule is Cl.NC(=O)Nc1cccc(NC(=O)C2(n3cccn3)CCNCC2)c1. The average molecular weight is 365 g/mol. The number of hydrogen-bond acceptors (Lipinski definition) is 4. The smallest absolute Gasteiger partial charge is 0.316 e. The normalized spacial score (nSPS) is 15.7. The van der Waals surface area contributed by atoms with Crippen LogP contribution in [-0.2, 0) is 10.3 Å². The number of urea groups is 1. The quantitative estimate of drug-likeness (QED) is 0.658. The second-order valence-electron chi connectivity index (χ2n) is 5.76. The molecule has 0 aliphatic carbocycles. The van der Waals surface area contributed by atoms with E-state index in [9.17, 15) is 9.59 Å². The molecule has 134 valence electrons. The lowest BCUT2D eigenvalue weighted by Gasteiger charge is -2.36. The van der Waals surface area contributed by atoms with Gasteiger partial charge in [-0.15, -0.1) is 12.4 Å². The van der Waals surface area contributed by atoms with Crippen LogP contribution in [0, 0.1) is 0 Å². The van der Waals surface area contributed by atoms with E-state index in [1.807, 2.05) is 12.3 Å². The standard InChI is InChI=1S/C16H20N6O2.ClH/c17-15(24)21-13-4-1-3-12(11-13)20-14(23)16(5-8-18-9-6-16)22-10-2-7-19-22;/h1-4,7,10-11,18H,5-6,8-9H2,(H,20,23)(H3,17,21,24);1H. The predicted molar refractivity (Wildman–Crippen MR) is 97.8 cm³/mol. The molecule has 1 aromatic heterocycles. The van der Waals surface area contributed by atoms with Gasteiger partial charge in [0.05, 0.1) is 0 Å². The number of benzene rings is 1. The van der Waals surface area contributed by atoms with Crippen LogP contribution in [0.25, 0.3) is 0 Å². The molecular formula is C16H21ClN6O2. The Balaban J connectivity index is 0.00000225. The molecule has 1 aromatic carbocycles. The number of nitrogens with zero attached hydrogens (tertiary/aromatic N) is 2. The van der Waals surface area contributed by atoms with Gasteiger partial charge in [-0.25, -0.2) is 4.79 Å². The maximum Gasteiger partial charge on any atom is 0.316 e. The molecule has 1 fully saturated rings. The third-order valence-corrected chi connectivity index (χ3v) is 4.18. The fourth-order valence-electron chi connectivity index (χ4n) is 2.99. The topological polar surface area (TPSA) is 114 Å². The second kappa shape index (κ2) is 8.00. The molecule has 1 saturated heterocycles. The maximum atomic E-state index is 13.0. The molecule has 0 saturated carbocycles. The highest BCUT2D eigenvalue weighted by Crippen LogP contribution is 2.29. The summed E-state index contributed by atoms with van der Waals surface area (Å²) in [6.45, 7) is 1.49. The minimum absolute atomic E-state index is 0. The van der Waals surface area contributed by atoms with Crippen molar-refractivity contribution < 1.29 is 9.59 Å². The summed E-state index contributed by atoms with van der Waals surface area (Å²) < 4.78 is 1.73. The highest BCUT2D eigenvalue weighted by molar-refractivity contribution is 5.97. The van der Waals surface area contributed by atoms with E-state index >= 15 is 0 Å². The van der Waals surface area contributed by atoms with E-state index in [4.69, 9.17) is 5.73 Å². The van der Waals surface area contributed by atoms with Gasteiger partial charge < -0.3 is 21.7 Å². The molecule has 2 heterocycles. The summed E-state index contributed by atoms with van der Waals surface area (Å²) in [4.78, 5) is 24.0. The fourth-order valence-corrected chi connectivity index (χ4v) is 2.99. The molecular weight excluding hydrogens is 344 g/mol. The summed E-state index contributed by atoms with van der Waals surface area (Å²) >= 11 is 0. The van der Waals surface area contributed by atoms with Crippen molar-refractivity contribution >= 4 is 35.7 Å². The predicted octanol–water partition coefficient (Wildman–Crippen LogP) is 1.51. The van der Waals surface area contributed by atoms with Crippen LogP contribution >= 0.6 is 12.4 Å². The number of rotatable bonds is 4. The van der Waals surface area contributed by atoms with Crippen molar-refractivity contribution in [1.29, 1.82) is 0 Å². The molecule has 2 aromatic rings. The molecule has 0 unspecified atom stereocenters. The van der Waals surface area contributed by atoms with Crippen LogP contribution in [0.5, 0.6) is 0 Å². The van der Waals surface area contributed by atoms with Crippen molar-refractivity contribution in [3.05, 3.63) is 42.7 Å². The number of amides is 3. The lowest BCUT2D eigenvalue weighted by atomic mass is 9.87. The maximum absolute atomic E-state index is 13.0. The Morgan fingerprint density at radius 3 is 2.44 bits per heavy atom. The van der Waals surface area contributed by atoms with Crippen LogP contribution in [0.1, 0.15) is 12.8 Å². The molecule has 8 nitrogen and oxygen atoms in total. The third kappa shape index (κ3) is 4.09. The minimum atomic E-state index is -0.720. The van der Waals surface area contributed by atoms with E-state index in [-0.39, 0.29) is 18.3 Å². The van der Waals surface area contributed by atoms with Crippen LogP contribution < -0.4 is 21.7 Å². The number of nitrogens with one attached hydrogen (secondary N) is 3. The molecule has 0 radical (unpaired) electrons. The summed E-state index contributed by atoms with van der Waals surface area (Å²) in [5.41, 5.74) is 5.52. The van der Waals surface area contributed by atoms with Crippen molar-refractivity contribution in [3.63, 3.8) is 0 Å². The van der Waals surface area contributed by atoms with Gasteiger partial charge in [-0.2, -0.15) is 5.10 Å². The van der Waals surface area contributed by atoms with Crippen molar-refractivity contribution in [3.8, 4) is 0 Å². The second-order valence-corrected chi connectivity index (χ2v) is 5.76. The van der Waals surface area contributed by atoms with Crippen LogP contribution in [0.15, 0.2) is 42.7 Å². The van der Waals surface area contributed by atoms with Gasteiger partial charge in [-0.3, -0.25) is 9.48 Å². The number of primary amides is 1. The summed E-state index contributed by atoms with van der Waals surface area (Å²) in [5.74, 6) is -0.121. The molecule has 0 bridgehead atoms. The van der Waals surface area contributed by atoms with Crippen LogP contribution in [0.2, 0.25) is 0 Å². The van der Waals surface area contributed by atoms with Gasteiger partial charge in [0, 0.05) is 23.8 Å². The van der Waals surface area contributed by atoms with Crippen LogP contribution in [-0.4, -0.2) is 34.8 Å². The molecule has 0 spiro atoms. The van der Waals surface area contributed by atoms with E-state index in [0.717, 1.165) is 13.1 Å². The van der Waals surface area contributed by atoms with E-state index in [1.54, 1.807) is 35.1 Å². The molecule has 5 N–H and O–H groups in total. The number of carbonyl (C=O) groups is 2. The molecule has 9 heteroatoms. The highest BCUT2D eigenvalue weighted by atomic mass is 35.5. The van der Waals surface area contributed by atoms with E-state index in [1.165, 1.54) is 0 Å². The van der Waals surface area contributed by atoms with Gasteiger partial charge in [0.1, 0.15) is 5.54 Å². The lowest BCUT2D eigenvalue weighted by Crippen LogP contribution is -2.52. The van der Waals surface area contributed by atoms with Crippen molar-refractivity contribution in [1.82, 2.24) is 15.1 Å². The average Bonchev–Trinajstić information content (AvgIpc) is 3.10. The van der Waals surface area contributed by atoms with Crippen LogP contribution in [0.3, 0.4) is 0 Å². The number of carbonyl (C=O) groups excluding carboxylic acids is 2. The van der Waals surface area contributed by atoms with Gasteiger partial charge >= 0.3 is 6.03 Å². The number of aromatic nitrogens is 2. The van der Waals surface area contributed by atoms with E-state index in [0.29, 0.717) is 24.2 Å². The molecule has 0 atom stereocenters.